The highest BCUT2D eigenvalue weighted by atomic mass is 19.3. The number of rotatable bonds is 7. The first-order valence-corrected chi connectivity index (χ1v) is 7.90. The monoisotopic (exact) mass is 363 g/mol. The Morgan fingerprint density at radius 3 is 2.35 bits per heavy atom. The van der Waals surface area contributed by atoms with Gasteiger partial charge in [-0.25, -0.2) is 4.79 Å². The van der Waals surface area contributed by atoms with E-state index in [1.807, 2.05) is 13.0 Å². The molecule has 0 spiro atoms. The summed E-state index contributed by atoms with van der Waals surface area (Å²) in [6.07, 6.45) is -0.0798. The number of alkyl halides is 2. The summed E-state index contributed by atoms with van der Waals surface area (Å²) in [5, 5.41) is 12.0. The van der Waals surface area contributed by atoms with Crippen molar-refractivity contribution < 1.29 is 28.2 Å². The van der Waals surface area contributed by atoms with Crippen molar-refractivity contribution in [2.75, 3.05) is 0 Å². The standard InChI is InChI=1S/C19H19F2NO4/c1-11-4-3-5-15(12(11)2)17(18(24)25)22-16(23)10-13-6-8-14(9-7-13)26-19(20)21/h3-9,17,19H,10H2,1-2H3,(H,22,23)(H,24,25). The Hall–Kier alpha value is -2.96. The lowest BCUT2D eigenvalue weighted by Gasteiger charge is -2.18. The first-order valence-electron chi connectivity index (χ1n) is 7.90. The zero-order valence-corrected chi connectivity index (χ0v) is 14.3. The number of amides is 1. The highest BCUT2D eigenvalue weighted by Crippen LogP contribution is 2.21. The van der Waals surface area contributed by atoms with Gasteiger partial charge >= 0.3 is 12.6 Å². The molecule has 1 unspecified atom stereocenters. The van der Waals surface area contributed by atoms with E-state index in [9.17, 15) is 23.5 Å². The SMILES string of the molecule is Cc1cccc(C(NC(=O)Cc2ccc(OC(F)F)cc2)C(=O)O)c1C. The maximum atomic E-state index is 12.2. The van der Waals surface area contributed by atoms with Gasteiger partial charge in [0.15, 0.2) is 6.04 Å². The van der Waals surface area contributed by atoms with Crippen molar-refractivity contribution in [2.45, 2.75) is 32.9 Å². The largest absolute Gasteiger partial charge is 0.479 e. The molecule has 0 saturated carbocycles. The summed E-state index contributed by atoms with van der Waals surface area (Å²) in [6, 6.07) is 9.71. The minimum Gasteiger partial charge on any atom is -0.479 e. The molecule has 0 radical (unpaired) electrons. The molecule has 2 aromatic carbocycles. The van der Waals surface area contributed by atoms with Crippen molar-refractivity contribution >= 4 is 11.9 Å². The van der Waals surface area contributed by atoms with Crippen molar-refractivity contribution in [3.63, 3.8) is 0 Å². The highest BCUT2D eigenvalue weighted by molar-refractivity contribution is 5.86. The Bertz CT molecular complexity index is 791. The summed E-state index contributed by atoms with van der Waals surface area (Å²) in [5.74, 6) is -1.66. The summed E-state index contributed by atoms with van der Waals surface area (Å²) in [6.45, 7) is 0.745. The topological polar surface area (TPSA) is 75.6 Å². The molecular weight excluding hydrogens is 344 g/mol. The molecule has 7 heteroatoms. The van der Waals surface area contributed by atoms with Crippen LogP contribution in [0.5, 0.6) is 5.75 Å². The van der Waals surface area contributed by atoms with Crippen LogP contribution in [0.15, 0.2) is 42.5 Å². The van der Waals surface area contributed by atoms with Gasteiger partial charge in [-0.15, -0.1) is 0 Å². The smallest absolute Gasteiger partial charge is 0.387 e. The molecule has 0 aliphatic heterocycles. The number of nitrogens with one attached hydrogen (secondary N) is 1. The van der Waals surface area contributed by atoms with E-state index in [1.54, 1.807) is 19.1 Å². The number of carboxylic acid groups (broad SMARTS) is 1. The lowest BCUT2D eigenvalue weighted by Crippen LogP contribution is -2.35. The molecule has 0 aliphatic carbocycles. The number of hydrogen-bond donors (Lipinski definition) is 2. The van der Waals surface area contributed by atoms with Crippen molar-refractivity contribution in [1.29, 1.82) is 0 Å². The zero-order chi connectivity index (χ0) is 19.3. The molecule has 5 nitrogen and oxygen atoms in total. The van der Waals surface area contributed by atoms with Gasteiger partial charge in [-0.1, -0.05) is 30.3 Å². The molecule has 0 aliphatic rings. The average Bonchev–Trinajstić information content (AvgIpc) is 2.56. The van der Waals surface area contributed by atoms with Crippen LogP contribution in [0, 0.1) is 13.8 Å². The Morgan fingerprint density at radius 1 is 1.12 bits per heavy atom. The zero-order valence-electron chi connectivity index (χ0n) is 14.3. The average molecular weight is 363 g/mol. The second-order valence-electron chi connectivity index (χ2n) is 5.83. The van der Waals surface area contributed by atoms with Gasteiger partial charge < -0.3 is 15.2 Å². The van der Waals surface area contributed by atoms with Crippen molar-refractivity contribution in [2.24, 2.45) is 0 Å². The minimum absolute atomic E-state index is 0.0112. The second kappa shape index (κ2) is 8.42. The van der Waals surface area contributed by atoms with Gasteiger partial charge in [0.25, 0.3) is 0 Å². The summed E-state index contributed by atoms with van der Waals surface area (Å²) >= 11 is 0. The Labute approximate surface area is 149 Å². The number of ether oxygens (including phenoxy) is 1. The van der Waals surface area contributed by atoms with E-state index in [0.717, 1.165) is 11.1 Å². The number of carbonyl (C=O) groups excluding carboxylic acids is 1. The fourth-order valence-corrected chi connectivity index (χ4v) is 2.55. The third kappa shape index (κ3) is 5.02. The first-order chi connectivity index (χ1) is 12.3. The first kappa shape index (κ1) is 19.4. The summed E-state index contributed by atoms with van der Waals surface area (Å²) in [5.41, 5.74) is 2.80. The van der Waals surface area contributed by atoms with E-state index < -0.39 is 24.5 Å². The number of aryl methyl sites for hydroxylation is 1. The molecule has 2 N–H and O–H groups in total. The second-order valence-corrected chi connectivity index (χ2v) is 5.83. The van der Waals surface area contributed by atoms with Gasteiger partial charge in [-0.05, 0) is 48.2 Å². The molecule has 26 heavy (non-hydrogen) atoms. The van der Waals surface area contributed by atoms with Crippen LogP contribution < -0.4 is 10.1 Å². The van der Waals surface area contributed by atoms with E-state index >= 15 is 0 Å². The number of hydrogen-bond acceptors (Lipinski definition) is 3. The summed E-state index contributed by atoms with van der Waals surface area (Å²) in [7, 11) is 0. The number of carbonyl (C=O) groups is 2. The molecular formula is C19H19F2NO4. The van der Waals surface area contributed by atoms with Gasteiger partial charge in [0.05, 0.1) is 6.42 Å². The van der Waals surface area contributed by atoms with Crippen molar-refractivity contribution in [3.8, 4) is 5.75 Å². The van der Waals surface area contributed by atoms with Gasteiger partial charge in [0.1, 0.15) is 5.75 Å². The minimum atomic E-state index is -2.92. The van der Waals surface area contributed by atoms with Crippen molar-refractivity contribution in [1.82, 2.24) is 5.32 Å². The number of benzene rings is 2. The molecule has 0 fully saturated rings. The van der Waals surface area contributed by atoms with Gasteiger partial charge in [0, 0.05) is 0 Å². The predicted octanol–water partition coefficient (Wildman–Crippen LogP) is 3.39. The van der Waals surface area contributed by atoms with Gasteiger partial charge in [-0.2, -0.15) is 8.78 Å². The molecule has 1 amide bonds. The van der Waals surface area contributed by atoms with Crippen LogP contribution in [0.4, 0.5) is 8.78 Å². The molecule has 0 saturated heterocycles. The van der Waals surface area contributed by atoms with Crippen LogP contribution >= 0.6 is 0 Å². The molecule has 2 rings (SSSR count). The predicted molar refractivity (Wildman–Crippen MR) is 91.2 cm³/mol. The summed E-state index contributed by atoms with van der Waals surface area (Å²) < 4.78 is 28.5. The lowest BCUT2D eigenvalue weighted by atomic mass is 9.97. The van der Waals surface area contributed by atoms with E-state index in [4.69, 9.17) is 0 Å². The molecule has 1 atom stereocenters. The Balaban J connectivity index is 2.08. The van der Waals surface area contributed by atoms with Crippen LogP contribution in [0.3, 0.4) is 0 Å². The van der Waals surface area contributed by atoms with E-state index in [1.165, 1.54) is 24.3 Å². The maximum Gasteiger partial charge on any atom is 0.387 e. The van der Waals surface area contributed by atoms with Crippen LogP contribution in [0.25, 0.3) is 0 Å². The highest BCUT2D eigenvalue weighted by Gasteiger charge is 2.24. The maximum absolute atomic E-state index is 12.2. The number of aliphatic carboxylic acids is 1. The summed E-state index contributed by atoms with van der Waals surface area (Å²) in [4.78, 5) is 23.8. The molecule has 0 aromatic heterocycles. The van der Waals surface area contributed by atoms with E-state index in [-0.39, 0.29) is 12.2 Å². The lowest BCUT2D eigenvalue weighted by molar-refractivity contribution is -0.142. The molecule has 0 heterocycles. The van der Waals surface area contributed by atoms with Crippen LogP contribution in [0.2, 0.25) is 0 Å². The molecule has 2 aromatic rings. The number of halogens is 2. The Kier molecular flexibility index (Phi) is 6.27. The Morgan fingerprint density at radius 2 is 1.77 bits per heavy atom. The van der Waals surface area contributed by atoms with Crippen LogP contribution in [0.1, 0.15) is 28.3 Å². The number of carboxylic acids is 1. The van der Waals surface area contributed by atoms with Crippen LogP contribution in [-0.2, 0) is 16.0 Å². The fraction of sp³-hybridized carbons (Fsp3) is 0.263. The fourth-order valence-electron chi connectivity index (χ4n) is 2.55. The third-order valence-electron chi connectivity index (χ3n) is 4.02. The van der Waals surface area contributed by atoms with Gasteiger partial charge in [0.2, 0.25) is 5.91 Å². The van der Waals surface area contributed by atoms with E-state index in [2.05, 4.69) is 10.1 Å². The third-order valence-corrected chi connectivity index (χ3v) is 4.02. The quantitative estimate of drug-likeness (QED) is 0.791. The molecule has 138 valence electrons. The van der Waals surface area contributed by atoms with E-state index in [0.29, 0.717) is 11.1 Å². The van der Waals surface area contributed by atoms with Gasteiger partial charge in [-0.3, -0.25) is 4.79 Å². The molecule has 0 bridgehead atoms. The van der Waals surface area contributed by atoms with Crippen molar-refractivity contribution in [3.05, 3.63) is 64.7 Å². The normalized spacial score (nSPS) is 11.9. The van der Waals surface area contributed by atoms with Crippen LogP contribution in [-0.4, -0.2) is 23.6 Å².